The summed E-state index contributed by atoms with van der Waals surface area (Å²) >= 11 is 0. The number of rotatable bonds is 7. The molecule has 0 aliphatic carbocycles. The third kappa shape index (κ3) is 5.00. The van der Waals surface area contributed by atoms with Crippen molar-refractivity contribution in [1.82, 2.24) is 20.0 Å². The van der Waals surface area contributed by atoms with E-state index in [0.29, 0.717) is 19.0 Å². The Labute approximate surface area is 131 Å². The Bertz CT molecular complexity index is 592. The van der Waals surface area contributed by atoms with Crippen LogP contribution < -0.4 is 5.32 Å². The Hall–Kier alpha value is -2.14. The lowest BCUT2D eigenvalue weighted by atomic mass is 10.2. The number of hydrogen-bond acceptors (Lipinski definition) is 3. The number of nitrogens with one attached hydrogen (secondary N) is 1. The molecule has 0 aliphatic rings. The predicted molar refractivity (Wildman–Crippen MR) is 87.7 cm³/mol. The lowest BCUT2D eigenvalue weighted by Gasteiger charge is -2.15. The fourth-order valence-corrected chi connectivity index (χ4v) is 2.15. The second-order valence-corrected chi connectivity index (χ2v) is 6.00. The minimum Gasteiger partial charge on any atom is -0.355 e. The first-order chi connectivity index (χ1) is 10.5. The molecule has 0 fully saturated rings. The summed E-state index contributed by atoms with van der Waals surface area (Å²) in [4.78, 5) is 13.8. The fraction of sp³-hybridized carbons (Fsp3) is 0.412. The fourth-order valence-electron chi connectivity index (χ4n) is 2.15. The highest BCUT2D eigenvalue weighted by molar-refractivity contribution is 5.77. The minimum atomic E-state index is 0.0617. The van der Waals surface area contributed by atoms with Gasteiger partial charge in [0.25, 0.3) is 0 Å². The highest BCUT2D eigenvalue weighted by atomic mass is 16.2. The molecule has 5 nitrogen and oxygen atoms in total. The summed E-state index contributed by atoms with van der Waals surface area (Å²) in [7, 11) is 1.94. The summed E-state index contributed by atoms with van der Waals surface area (Å²) in [6, 6.07) is 9.99. The van der Waals surface area contributed by atoms with Crippen LogP contribution in [-0.2, 0) is 11.3 Å². The van der Waals surface area contributed by atoms with Crippen LogP contribution in [0.15, 0.2) is 42.7 Å². The monoisotopic (exact) mass is 300 g/mol. The van der Waals surface area contributed by atoms with E-state index in [1.54, 1.807) is 0 Å². The highest BCUT2D eigenvalue weighted by Crippen LogP contribution is 2.08. The Morgan fingerprint density at radius 3 is 2.73 bits per heavy atom. The molecule has 0 unspecified atom stereocenters. The van der Waals surface area contributed by atoms with E-state index >= 15 is 0 Å². The lowest BCUT2D eigenvalue weighted by molar-refractivity contribution is -0.122. The van der Waals surface area contributed by atoms with Crippen LogP contribution in [0.1, 0.15) is 19.4 Å². The van der Waals surface area contributed by atoms with Crippen molar-refractivity contribution in [3.05, 3.63) is 48.3 Å². The molecule has 2 rings (SSSR count). The van der Waals surface area contributed by atoms with Gasteiger partial charge in [-0.3, -0.25) is 9.69 Å². The van der Waals surface area contributed by atoms with Gasteiger partial charge in [0.1, 0.15) is 0 Å². The molecule has 1 N–H and O–H groups in total. The molecule has 0 radical (unpaired) electrons. The molecule has 0 aliphatic heterocycles. The van der Waals surface area contributed by atoms with Crippen molar-refractivity contribution in [2.45, 2.75) is 20.4 Å². The molecule has 1 aromatic heterocycles. The van der Waals surface area contributed by atoms with E-state index in [-0.39, 0.29) is 5.91 Å². The Morgan fingerprint density at radius 1 is 1.32 bits per heavy atom. The average Bonchev–Trinajstić information content (AvgIpc) is 2.94. The van der Waals surface area contributed by atoms with Gasteiger partial charge in [-0.1, -0.05) is 32.0 Å². The van der Waals surface area contributed by atoms with E-state index in [4.69, 9.17) is 0 Å². The SMILES string of the molecule is CC(C)CNC(=O)CN(C)Cc1cnn(-c2ccccc2)c1. The molecular formula is C17H24N4O. The number of benzene rings is 1. The molecule has 0 spiro atoms. The number of likely N-dealkylation sites (N-methyl/N-ethyl adjacent to an activating group) is 1. The third-order valence-corrected chi connectivity index (χ3v) is 3.23. The van der Waals surface area contributed by atoms with E-state index in [1.807, 2.05) is 59.4 Å². The van der Waals surface area contributed by atoms with Crippen LogP contribution in [0, 0.1) is 5.92 Å². The second-order valence-electron chi connectivity index (χ2n) is 6.00. The molecule has 0 saturated heterocycles. The van der Waals surface area contributed by atoms with Crippen molar-refractivity contribution < 1.29 is 4.79 Å². The van der Waals surface area contributed by atoms with Gasteiger partial charge in [-0.15, -0.1) is 0 Å². The minimum absolute atomic E-state index is 0.0617. The van der Waals surface area contributed by atoms with E-state index in [0.717, 1.165) is 17.8 Å². The summed E-state index contributed by atoms with van der Waals surface area (Å²) in [6.07, 6.45) is 3.84. The van der Waals surface area contributed by atoms with Crippen LogP contribution in [0.4, 0.5) is 0 Å². The summed E-state index contributed by atoms with van der Waals surface area (Å²) in [6.45, 7) is 5.98. The van der Waals surface area contributed by atoms with Gasteiger partial charge in [-0.25, -0.2) is 4.68 Å². The number of amides is 1. The highest BCUT2D eigenvalue weighted by Gasteiger charge is 2.09. The molecule has 1 heterocycles. The molecule has 1 amide bonds. The van der Waals surface area contributed by atoms with Crippen LogP contribution in [0.3, 0.4) is 0 Å². The van der Waals surface area contributed by atoms with Crippen molar-refractivity contribution in [2.75, 3.05) is 20.1 Å². The van der Waals surface area contributed by atoms with Gasteiger partial charge in [0.15, 0.2) is 0 Å². The van der Waals surface area contributed by atoms with Crippen molar-refractivity contribution in [1.29, 1.82) is 0 Å². The van der Waals surface area contributed by atoms with Crippen LogP contribution in [-0.4, -0.2) is 40.7 Å². The van der Waals surface area contributed by atoms with Gasteiger partial charge in [0, 0.05) is 24.8 Å². The summed E-state index contributed by atoms with van der Waals surface area (Å²) < 4.78 is 1.85. The lowest BCUT2D eigenvalue weighted by Crippen LogP contribution is -2.36. The van der Waals surface area contributed by atoms with Gasteiger partial charge in [0.2, 0.25) is 5.91 Å². The number of carbonyl (C=O) groups is 1. The van der Waals surface area contributed by atoms with Gasteiger partial charge >= 0.3 is 0 Å². The molecule has 5 heteroatoms. The summed E-state index contributed by atoms with van der Waals surface area (Å²) in [5.41, 5.74) is 2.12. The van der Waals surface area contributed by atoms with E-state index < -0.39 is 0 Å². The molecule has 22 heavy (non-hydrogen) atoms. The first kappa shape index (κ1) is 16.2. The Morgan fingerprint density at radius 2 is 2.05 bits per heavy atom. The first-order valence-corrected chi connectivity index (χ1v) is 7.59. The number of aromatic nitrogens is 2. The smallest absolute Gasteiger partial charge is 0.234 e. The number of nitrogens with zero attached hydrogens (tertiary/aromatic N) is 3. The maximum atomic E-state index is 11.8. The zero-order valence-electron chi connectivity index (χ0n) is 13.5. The topological polar surface area (TPSA) is 50.2 Å². The molecule has 1 aromatic carbocycles. The van der Waals surface area contributed by atoms with Gasteiger partial charge < -0.3 is 5.32 Å². The zero-order valence-corrected chi connectivity index (χ0v) is 13.5. The largest absolute Gasteiger partial charge is 0.355 e. The maximum Gasteiger partial charge on any atom is 0.234 e. The normalized spacial score (nSPS) is 11.1. The Balaban J connectivity index is 1.86. The average molecular weight is 300 g/mol. The predicted octanol–water partition coefficient (Wildman–Crippen LogP) is 2.08. The van der Waals surface area contributed by atoms with Crippen molar-refractivity contribution in [3.63, 3.8) is 0 Å². The first-order valence-electron chi connectivity index (χ1n) is 7.59. The maximum absolute atomic E-state index is 11.8. The molecule has 0 atom stereocenters. The second kappa shape index (κ2) is 7.75. The molecular weight excluding hydrogens is 276 g/mol. The van der Waals surface area contributed by atoms with E-state index in [2.05, 4.69) is 24.3 Å². The van der Waals surface area contributed by atoms with Crippen LogP contribution in [0.2, 0.25) is 0 Å². The number of hydrogen-bond donors (Lipinski definition) is 1. The standard InChI is InChI=1S/C17H24N4O/c1-14(2)9-18-17(22)13-20(3)11-15-10-19-21(12-15)16-7-5-4-6-8-16/h4-8,10,12,14H,9,11,13H2,1-3H3,(H,18,22). The summed E-state index contributed by atoms with van der Waals surface area (Å²) in [5, 5.41) is 7.30. The van der Waals surface area contributed by atoms with Crippen molar-refractivity contribution >= 4 is 5.91 Å². The van der Waals surface area contributed by atoms with Crippen LogP contribution in [0.25, 0.3) is 5.69 Å². The van der Waals surface area contributed by atoms with Crippen LogP contribution in [0.5, 0.6) is 0 Å². The molecule has 0 bridgehead atoms. The van der Waals surface area contributed by atoms with Gasteiger partial charge in [-0.2, -0.15) is 5.10 Å². The summed E-state index contributed by atoms with van der Waals surface area (Å²) in [5.74, 6) is 0.532. The van der Waals surface area contributed by atoms with Crippen molar-refractivity contribution in [3.8, 4) is 5.69 Å². The molecule has 0 saturated carbocycles. The molecule has 2 aromatic rings. The zero-order chi connectivity index (χ0) is 15.9. The third-order valence-electron chi connectivity index (χ3n) is 3.23. The van der Waals surface area contributed by atoms with E-state index in [1.165, 1.54) is 0 Å². The van der Waals surface area contributed by atoms with Gasteiger partial charge in [-0.05, 0) is 25.1 Å². The Kier molecular flexibility index (Phi) is 5.72. The molecule has 118 valence electrons. The number of carbonyl (C=O) groups excluding carboxylic acids is 1. The quantitative estimate of drug-likeness (QED) is 0.851. The van der Waals surface area contributed by atoms with Crippen LogP contribution >= 0.6 is 0 Å². The number of para-hydroxylation sites is 1. The van der Waals surface area contributed by atoms with Crippen molar-refractivity contribution in [2.24, 2.45) is 5.92 Å². The van der Waals surface area contributed by atoms with E-state index in [9.17, 15) is 4.79 Å². The van der Waals surface area contributed by atoms with Gasteiger partial charge in [0.05, 0.1) is 18.4 Å².